The van der Waals surface area contributed by atoms with Gasteiger partial charge in [-0.3, -0.25) is 4.68 Å². The van der Waals surface area contributed by atoms with E-state index in [1.165, 1.54) is 6.07 Å². The number of aryl methyl sites for hydroxylation is 3. The molecule has 1 aromatic carbocycles. The zero-order valence-corrected chi connectivity index (χ0v) is 13.0. The van der Waals surface area contributed by atoms with Crippen molar-refractivity contribution in [2.75, 3.05) is 0 Å². The lowest BCUT2D eigenvalue weighted by Gasteiger charge is -2.10. The number of aromatic nitrogens is 2. The SMILES string of the molecule is Cc1ccc(OCc2cc(C)nn2C)c(S(=O)(=O)Cl)c1. The molecule has 2 rings (SSSR count). The van der Waals surface area contributed by atoms with Crippen molar-refractivity contribution in [3.63, 3.8) is 0 Å². The van der Waals surface area contributed by atoms with Crippen LogP contribution in [0.2, 0.25) is 0 Å². The van der Waals surface area contributed by atoms with Crippen LogP contribution in [0.15, 0.2) is 29.2 Å². The summed E-state index contributed by atoms with van der Waals surface area (Å²) >= 11 is 0. The summed E-state index contributed by atoms with van der Waals surface area (Å²) < 4.78 is 30.4. The van der Waals surface area contributed by atoms with Crippen LogP contribution in [-0.4, -0.2) is 18.2 Å². The van der Waals surface area contributed by atoms with Crippen molar-refractivity contribution in [3.05, 3.63) is 41.2 Å². The molecule has 0 bridgehead atoms. The third-order valence-corrected chi connectivity index (χ3v) is 4.18. The van der Waals surface area contributed by atoms with Gasteiger partial charge in [-0.05, 0) is 37.6 Å². The highest BCUT2D eigenvalue weighted by Gasteiger charge is 2.17. The summed E-state index contributed by atoms with van der Waals surface area (Å²) in [5.41, 5.74) is 2.52. The number of nitrogens with zero attached hydrogens (tertiary/aromatic N) is 2. The lowest BCUT2D eigenvalue weighted by Crippen LogP contribution is -2.05. The van der Waals surface area contributed by atoms with E-state index in [1.54, 1.807) is 30.8 Å². The summed E-state index contributed by atoms with van der Waals surface area (Å²) in [7, 11) is 3.39. The maximum atomic E-state index is 11.6. The van der Waals surface area contributed by atoms with Crippen LogP contribution in [0.1, 0.15) is 17.0 Å². The van der Waals surface area contributed by atoms with Gasteiger partial charge in [0.05, 0.1) is 11.4 Å². The Bertz CT molecular complexity index is 738. The molecule has 5 nitrogen and oxygen atoms in total. The van der Waals surface area contributed by atoms with Crippen molar-refractivity contribution in [3.8, 4) is 5.75 Å². The lowest BCUT2D eigenvalue weighted by atomic mass is 10.2. The smallest absolute Gasteiger partial charge is 0.264 e. The maximum Gasteiger partial charge on any atom is 0.264 e. The largest absolute Gasteiger partial charge is 0.486 e. The highest BCUT2D eigenvalue weighted by Crippen LogP contribution is 2.28. The summed E-state index contributed by atoms with van der Waals surface area (Å²) in [5, 5.41) is 4.20. The first-order valence-electron chi connectivity index (χ1n) is 5.95. The standard InChI is InChI=1S/C13H15ClN2O3S/c1-9-4-5-12(13(6-9)20(14,17)18)19-8-11-7-10(2)15-16(11)3/h4-7H,8H2,1-3H3. The van der Waals surface area contributed by atoms with Gasteiger partial charge < -0.3 is 4.74 Å². The molecule has 1 aromatic heterocycles. The molecule has 0 amide bonds. The Balaban J connectivity index is 2.28. The van der Waals surface area contributed by atoms with Crippen molar-refractivity contribution in [1.82, 2.24) is 9.78 Å². The molecule has 7 heteroatoms. The third-order valence-electron chi connectivity index (χ3n) is 2.84. The summed E-state index contributed by atoms with van der Waals surface area (Å²) in [6.07, 6.45) is 0. The Morgan fingerprint density at radius 2 is 2.00 bits per heavy atom. The Hall–Kier alpha value is -1.53. The monoisotopic (exact) mass is 314 g/mol. The second kappa shape index (κ2) is 5.46. The second-order valence-electron chi connectivity index (χ2n) is 4.58. The summed E-state index contributed by atoms with van der Waals surface area (Å²) in [4.78, 5) is -0.0157. The van der Waals surface area contributed by atoms with Gasteiger partial charge in [0.25, 0.3) is 9.05 Å². The second-order valence-corrected chi connectivity index (χ2v) is 7.11. The topological polar surface area (TPSA) is 61.2 Å². The number of ether oxygens (including phenoxy) is 1. The third kappa shape index (κ3) is 3.32. The van der Waals surface area contributed by atoms with Gasteiger partial charge in [-0.25, -0.2) is 8.42 Å². The molecule has 0 N–H and O–H groups in total. The molecule has 0 fully saturated rings. The van der Waals surface area contributed by atoms with E-state index < -0.39 is 9.05 Å². The molecule has 0 atom stereocenters. The fraction of sp³-hybridized carbons (Fsp3) is 0.308. The normalized spacial score (nSPS) is 11.6. The van der Waals surface area contributed by atoms with Crippen LogP contribution >= 0.6 is 10.7 Å². The van der Waals surface area contributed by atoms with Crippen molar-refractivity contribution >= 4 is 19.7 Å². The van der Waals surface area contributed by atoms with E-state index >= 15 is 0 Å². The van der Waals surface area contributed by atoms with E-state index in [1.807, 2.05) is 13.0 Å². The quantitative estimate of drug-likeness (QED) is 0.814. The molecule has 2 aromatic rings. The van der Waals surface area contributed by atoms with Crippen molar-refractivity contribution in [2.45, 2.75) is 25.3 Å². The Kier molecular flexibility index (Phi) is 4.06. The zero-order chi connectivity index (χ0) is 14.9. The van der Waals surface area contributed by atoms with Gasteiger partial charge in [-0.15, -0.1) is 0 Å². The maximum absolute atomic E-state index is 11.6. The van der Waals surface area contributed by atoms with Crippen LogP contribution in [0.25, 0.3) is 0 Å². The predicted octanol–water partition coefficient (Wildman–Crippen LogP) is 2.54. The minimum absolute atomic E-state index is 0.0157. The predicted molar refractivity (Wildman–Crippen MR) is 76.5 cm³/mol. The van der Waals surface area contributed by atoms with E-state index in [4.69, 9.17) is 15.4 Å². The van der Waals surface area contributed by atoms with Crippen LogP contribution in [0.5, 0.6) is 5.75 Å². The fourth-order valence-electron chi connectivity index (χ4n) is 1.88. The molecule has 0 spiro atoms. The van der Waals surface area contributed by atoms with Crippen LogP contribution in [0, 0.1) is 13.8 Å². The van der Waals surface area contributed by atoms with Crippen LogP contribution in [0.3, 0.4) is 0 Å². The van der Waals surface area contributed by atoms with Gasteiger partial charge in [-0.1, -0.05) is 6.07 Å². The van der Waals surface area contributed by atoms with E-state index in [9.17, 15) is 8.42 Å². The Labute approximate surface area is 122 Å². The van der Waals surface area contributed by atoms with Gasteiger partial charge in [0, 0.05) is 17.7 Å². The number of hydrogen-bond acceptors (Lipinski definition) is 4. The van der Waals surface area contributed by atoms with Crippen LogP contribution in [0.4, 0.5) is 0 Å². The van der Waals surface area contributed by atoms with E-state index in [0.29, 0.717) is 0 Å². The van der Waals surface area contributed by atoms with Gasteiger partial charge in [0.1, 0.15) is 17.3 Å². The summed E-state index contributed by atoms with van der Waals surface area (Å²) in [5.74, 6) is 0.240. The van der Waals surface area contributed by atoms with E-state index in [-0.39, 0.29) is 17.3 Å². The Morgan fingerprint density at radius 1 is 1.30 bits per heavy atom. The van der Waals surface area contributed by atoms with E-state index in [2.05, 4.69) is 5.10 Å². The van der Waals surface area contributed by atoms with E-state index in [0.717, 1.165) is 17.0 Å². The highest BCUT2D eigenvalue weighted by molar-refractivity contribution is 8.13. The summed E-state index contributed by atoms with van der Waals surface area (Å²) in [6, 6.07) is 6.75. The van der Waals surface area contributed by atoms with Crippen molar-refractivity contribution < 1.29 is 13.2 Å². The molecule has 0 unspecified atom stereocenters. The minimum atomic E-state index is -3.84. The van der Waals surface area contributed by atoms with Crippen molar-refractivity contribution in [1.29, 1.82) is 0 Å². The first-order chi connectivity index (χ1) is 9.27. The van der Waals surface area contributed by atoms with Crippen LogP contribution < -0.4 is 4.74 Å². The average molecular weight is 315 g/mol. The van der Waals surface area contributed by atoms with Crippen molar-refractivity contribution in [2.24, 2.45) is 7.05 Å². The average Bonchev–Trinajstić information content (AvgIpc) is 2.65. The van der Waals surface area contributed by atoms with Crippen LogP contribution in [-0.2, 0) is 22.7 Å². The zero-order valence-electron chi connectivity index (χ0n) is 11.4. The summed E-state index contributed by atoms with van der Waals surface area (Å²) in [6.45, 7) is 3.89. The Morgan fingerprint density at radius 3 is 2.55 bits per heavy atom. The highest BCUT2D eigenvalue weighted by atomic mass is 35.7. The molecule has 0 saturated carbocycles. The number of hydrogen-bond donors (Lipinski definition) is 0. The first kappa shape index (κ1) is 14.9. The molecule has 1 heterocycles. The van der Waals surface area contributed by atoms with Gasteiger partial charge >= 0.3 is 0 Å². The number of benzene rings is 1. The lowest BCUT2D eigenvalue weighted by molar-refractivity contribution is 0.287. The van der Waals surface area contributed by atoms with Gasteiger partial charge in [-0.2, -0.15) is 5.10 Å². The molecule has 0 radical (unpaired) electrons. The number of rotatable bonds is 4. The molecule has 0 aliphatic carbocycles. The number of halogens is 1. The molecule has 20 heavy (non-hydrogen) atoms. The first-order valence-corrected chi connectivity index (χ1v) is 8.26. The molecular weight excluding hydrogens is 300 g/mol. The fourth-order valence-corrected chi connectivity index (χ4v) is 2.93. The molecular formula is C13H15ClN2O3S. The van der Waals surface area contributed by atoms with Gasteiger partial charge in [0.2, 0.25) is 0 Å². The molecule has 108 valence electrons. The molecule has 0 saturated heterocycles. The minimum Gasteiger partial charge on any atom is -0.486 e. The molecule has 0 aliphatic heterocycles. The molecule has 0 aliphatic rings. The van der Waals surface area contributed by atoms with Gasteiger partial charge in [0.15, 0.2) is 0 Å².